The number of ether oxygens (including phenoxy) is 2. The second kappa shape index (κ2) is 5.23. The average Bonchev–Trinajstić information content (AvgIpc) is 2.66. The number of rotatable bonds is 3. The van der Waals surface area contributed by atoms with Gasteiger partial charge < -0.3 is 9.47 Å². The van der Waals surface area contributed by atoms with Gasteiger partial charge in [0.1, 0.15) is 17.6 Å². The normalized spacial score (nSPS) is 20.3. The van der Waals surface area contributed by atoms with Crippen molar-refractivity contribution in [1.29, 1.82) is 0 Å². The summed E-state index contributed by atoms with van der Waals surface area (Å²) in [6.45, 7) is 6.06. The number of methoxy groups -OCH3 is 1. The van der Waals surface area contributed by atoms with E-state index in [4.69, 9.17) is 21.1 Å². The highest BCUT2D eigenvalue weighted by atomic mass is 35.5. The molecule has 1 aliphatic heterocycles. The molecule has 1 aliphatic rings. The molecule has 0 fully saturated rings. The van der Waals surface area contributed by atoms with Crippen LogP contribution in [-0.4, -0.2) is 18.6 Å². The van der Waals surface area contributed by atoms with Gasteiger partial charge in [-0.25, -0.2) is 0 Å². The Morgan fingerprint density at radius 1 is 1.56 bits per heavy atom. The van der Waals surface area contributed by atoms with Gasteiger partial charge in [-0.1, -0.05) is 11.6 Å². The Morgan fingerprint density at radius 2 is 2.28 bits per heavy atom. The Balaban J connectivity index is 2.42. The lowest BCUT2D eigenvalue weighted by molar-refractivity contribution is 0.254. The molecule has 0 saturated carbocycles. The molecule has 2 atom stereocenters. The number of fused-ring (bicyclic) bond motifs is 1. The van der Waals surface area contributed by atoms with Crippen LogP contribution in [0.5, 0.6) is 11.5 Å². The summed E-state index contributed by atoms with van der Waals surface area (Å²) in [5.74, 6) is 1.84. The van der Waals surface area contributed by atoms with E-state index < -0.39 is 0 Å². The maximum atomic E-state index is 6.07. The smallest absolute Gasteiger partial charge is 0.126 e. The van der Waals surface area contributed by atoms with Crippen molar-refractivity contribution in [2.24, 2.45) is 0 Å². The highest BCUT2D eigenvalue weighted by molar-refractivity contribution is 6.22. The van der Waals surface area contributed by atoms with Gasteiger partial charge in [-0.05, 0) is 32.9 Å². The van der Waals surface area contributed by atoms with E-state index in [1.165, 1.54) is 5.56 Å². The van der Waals surface area contributed by atoms with Gasteiger partial charge in [0.05, 0.1) is 12.5 Å². The number of hydrogen-bond donors (Lipinski definition) is 0. The van der Waals surface area contributed by atoms with Gasteiger partial charge in [-0.2, -0.15) is 0 Å². The zero-order valence-electron chi connectivity index (χ0n) is 11.3. The monoisotopic (exact) mass is 266 g/mol. The minimum absolute atomic E-state index is 0.0165. The third-order valence-corrected chi connectivity index (χ3v) is 3.60. The van der Waals surface area contributed by atoms with E-state index in [0.717, 1.165) is 29.1 Å². The van der Waals surface area contributed by atoms with Crippen molar-refractivity contribution in [3.05, 3.63) is 28.8 Å². The Bertz CT molecular complexity index is 478. The minimum atomic E-state index is 0.0165. The topological polar surface area (TPSA) is 18.5 Å². The maximum absolute atomic E-state index is 6.07. The van der Waals surface area contributed by atoms with E-state index >= 15 is 0 Å². The summed E-state index contributed by atoms with van der Waals surface area (Å²) >= 11 is 6.07. The Hall–Kier alpha value is -1.15. The molecule has 2 nitrogen and oxygen atoms in total. The van der Waals surface area contributed by atoms with Crippen molar-refractivity contribution in [3.8, 4) is 11.5 Å². The van der Waals surface area contributed by atoms with E-state index in [-0.39, 0.29) is 11.5 Å². The van der Waals surface area contributed by atoms with E-state index in [1.54, 1.807) is 7.11 Å². The number of allylic oxidation sites excluding steroid dienone is 1. The van der Waals surface area contributed by atoms with Crippen molar-refractivity contribution in [2.75, 3.05) is 7.11 Å². The van der Waals surface area contributed by atoms with Crippen molar-refractivity contribution in [1.82, 2.24) is 0 Å². The molecular weight excluding hydrogens is 248 g/mol. The molecule has 0 N–H and O–H groups in total. The molecule has 0 saturated heterocycles. The molecule has 18 heavy (non-hydrogen) atoms. The second-order valence-electron chi connectivity index (χ2n) is 4.84. The summed E-state index contributed by atoms with van der Waals surface area (Å²) in [7, 11) is 1.69. The lowest BCUT2D eigenvalue weighted by Gasteiger charge is -2.10. The Labute approximate surface area is 114 Å². The first-order valence-corrected chi connectivity index (χ1v) is 6.64. The first-order chi connectivity index (χ1) is 8.51. The summed E-state index contributed by atoms with van der Waals surface area (Å²) in [5.41, 5.74) is 3.35. The summed E-state index contributed by atoms with van der Waals surface area (Å²) in [6, 6.07) is 4.11. The molecule has 0 bridgehead atoms. The molecule has 0 aliphatic carbocycles. The highest BCUT2D eigenvalue weighted by Gasteiger charge is 2.21. The zero-order valence-corrected chi connectivity index (χ0v) is 12.0. The zero-order chi connectivity index (χ0) is 13.3. The van der Waals surface area contributed by atoms with Gasteiger partial charge in [-0.15, -0.1) is 11.6 Å². The second-order valence-corrected chi connectivity index (χ2v) is 5.49. The maximum Gasteiger partial charge on any atom is 0.126 e. The lowest BCUT2D eigenvalue weighted by atomic mass is 10.0. The van der Waals surface area contributed by atoms with E-state index in [1.807, 2.05) is 19.9 Å². The van der Waals surface area contributed by atoms with Crippen LogP contribution in [0.1, 0.15) is 31.9 Å². The standard InChI is InChI=1S/C15H19ClO2/c1-9(11(3)16)5-12-8-15-13(6-10(2)18-15)7-14(12)17-4/h5,7-8,10-11H,6H2,1-4H3/b9-5-. The molecule has 0 amide bonds. The number of alkyl halides is 1. The summed E-state index contributed by atoms with van der Waals surface area (Å²) in [4.78, 5) is 0. The molecule has 0 spiro atoms. The molecule has 1 heterocycles. The summed E-state index contributed by atoms with van der Waals surface area (Å²) in [6.07, 6.45) is 3.25. The molecule has 1 aromatic carbocycles. The number of hydrogen-bond acceptors (Lipinski definition) is 2. The van der Waals surface area contributed by atoms with Crippen molar-refractivity contribution in [2.45, 2.75) is 38.7 Å². The first kappa shape index (κ1) is 13.3. The van der Waals surface area contributed by atoms with Crippen LogP contribution in [0.2, 0.25) is 0 Å². The van der Waals surface area contributed by atoms with Crippen LogP contribution in [0.15, 0.2) is 17.7 Å². The highest BCUT2D eigenvalue weighted by Crippen LogP contribution is 2.36. The van der Waals surface area contributed by atoms with Gasteiger partial charge in [0, 0.05) is 17.5 Å². The fraction of sp³-hybridized carbons (Fsp3) is 0.467. The predicted molar refractivity (Wildman–Crippen MR) is 75.8 cm³/mol. The van der Waals surface area contributed by atoms with Gasteiger partial charge in [0.15, 0.2) is 0 Å². The summed E-state index contributed by atoms with van der Waals surface area (Å²) < 4.78 is 11.2. The van der Waals surface area contributed by atoms with Crippen molar-refractivity contribution >= 4 is 17.7 Å². The van der Waals surface area contributed by atoms with Gasteiger partial charge in [0.25, 0.3) is 0 Å². The molecule has 2 unspecified atom stereocenters. The molecule has 0 aromatic heterocycles. The van der Waals surface area contributed by atoms with Crippen molar-refractivity contribution in [3.63, 3.8) is 0 Å². The van der Waals surface area contributed by atoms with E-state index in [0.29, 0.717) is 0 Å². The third kappa shape index (κ3) is 2.64. The van der Waals surface area contributed by atoms with Crippen LogP contribution < -0.4 is 9.47 Å². The molecule has 2 rings (SSSR count). The van der Waals surface area contributed by atoms with Gasteiger partial charge >= 0.3 is 0 Å². The van der Waals surface area contributed by atoms with E-state index in [2.05, 4.69) is 19.1 Å². The molecular formula is C15H19ClO2. The number of benzene rings is 1. The van der Waals surface area contributed by atoms with Crippen LogP contribution in [0.25, 0.3) is 6.08 Å². The number of halogens is 1. The summed E-state index contributed by atoms with van der Waals surface area (Å²) in [5, 5.41) is 0.0165. The van der Waals surface area contributed by atoms with Crippen LogP contribution in [-0.2, 0) is 6.42 Å². The Morgan fingerprint density at radius 3 is 2.89 bits per heavy atom. The lowest BCUT2D eigenvalue weighted by Crippen LogP contribution is -2.05. The van der Waals surface area contributed by atoms with Crippen LogP contribution in [0, 0.1) is 0 Å². The quantitative estimate of drug-likeness (QED) is 0.769. The van der Waals surface area contributed by atoms with Crippen LogP contribution in [0.3, 0.4) is 0 Å². The first-order valence-electron chi connectivity index (χ1n) is 6.21. The minimum Gasteiger partial charge on any atom is -0.496 e. The van der Waals surface area contributed by atoms with E-state index in [9.17, 15) is 0 Å². The molecule has 0 radical (unpaired) electrons. The molecule has 98 valence electrons. The molecule has 3 heteroatoms. The van der Waals surface area contributed by atoms with Gasteiger partial charge in [-0.3, -0.25) is 0 Å². The fourth-order valence-electron chi connectivity index (χ4n) is 2.10. The van der Waals surface area contributed by atoms with Crippen LogP contribution in [0.4, 0.5) is 0 Å². The van der Waals surface area contributed by atoms with Crippen molar-refractivity contribution < 1.29 is 9.47 Å². The fourth-order valence-corrected chi connectivity index (χ4v) is 2.17. The third-order valence-electron chi connectivity index (χ3n) is 3.26. The largest absolute Gasteiger partial charge is 0.496 e. The average molecular weight is 267 g/mol. The van der Waals surface area contributed by atoms with Crippen LogP contribution >= 0.6 is 11.6 Å². The predicted octanol–water partition coefficient (Wildman–Crippen LogP) is 4.05. The SMILES string of the molecule is COc1cc2c(cc1/C=C(/C)C(C)Cl)OC(C)C2. The molecule has 1 aromatic rings. The Kier molecular flexibility index (Phi) is 3.86. The van der Waals surface area contributed by atoms with Gasteiger partial charge in [0.2, 0.25) is 0 Å².